The Hall–Kier alpha value is -1.30. The topological polar surface area (TPSA) is 65.3 Å². The van der Waals surface area contributed by atoms with Crippen LogP contribution in [0, 0.1) is 5.21 Å². The largest absolute Gasteiger partial charge is 0.619 e. The van der Waals surface area contributed by atoms with Gasteiger partial charge in [-0.3, -0.25) is 0 Å². The van der Waals surface area contributed by atoms with Gasteiger partial charge in [0, 0.05) is 5.56 Å². The maximum Gasteiger partial charge on any atom is 0.407 e. The fraction of sp³-hybridized carbons (Fsp3) is 0.455. The van der Waals surface area contributed by atoms with Gasteiger partial charge in [-0.1, -0.05) is 0 Å². The normalized spacial score (nSPS) is 11.1. The zero-order valence-electron chi connectivity index (χ0n) is 9.99. The minimum Gasteiger partial charge on any atom is -0.619 e. The van der Waals surface area contributed by atoms with Crippen LogP contribution in [0.5, 0.6) is 0 Å². The second-order valence-electron chi connectivity index (χ2n) is 4.58. The van der Waals surface area contributed by atoms with Crippen molar-refractivity contribution in [2.45, 2.75) is 32.9 Å². The predicted molar refractivity (Wildman–Crippen MR) is 66.2 cm³/mol. The molecule has 1 heterocycles. The highest BCUT2D eigenvalue weighted by atomic mass is 79.9. The third kappa shape index (κ3) is 5.53. The highest BCUT2D eigenvalue weighted by molar-refractivity contribution is 9.10. The molecule has 17 heavy (non-hydrogen) atoms. The molecule has 0 bridgehead atoms. The van der Waals surface area contributed by atoms with E-state index in [0.29, 0.717) is 14.8 Å². The summed E-state index contributed by atoms with van der Waals surface area (Å²) < 4.78 is 6.41. The van der Waals surface area contributed by atoms with Gasteiger partial charge in [0.2, 0.25) is 0 Å². The summed E-state index contributed by atoms with van der Waals surface area (Å²) in [5.41, 5.74) is 0.167. The van der Waals surface area contributed by atoms with Gasteiger partial charge in [0.15, 0.2) is 12.4 Å². The third-order valence-corrected chi connectivity index (χ3v) is 2.14. The molecule has 0 unspecified atom stereocenters. The van der Waals surface area contributed by atoms with E-state index in [2.05, 4.69) is 21.2 Å². The van der Waals surface area contributed by atoms with Crippen molar-refractivity contribution < 1.29 is 14.3 Å². The number of alkyl carbamates (subject to hydrolysis) is 1. The van der Waals surface area contributed by atoms with Gasteiger partial charge in [-0.25, -0.2) is 4.79 Å². The van der Waals surface area contributed by atoms with Gasteiger partial charge in [-0.2, -0.15) is 4.73 Å². The van der Waals surface area contributed by atoms with E-state index in [0.717, 1.165) is 0 Å². The number of ether oxygens (including phenoxy) is 1. The van der Waals surface area contributed by atoms with E-state index < -0.39 is 11.7 Å². The molecule has 1 aromatic heterocycles. The molecule has 0 aliphatic carbocycles. The average Bonchev–Trinajstić information content (AvgIpc) is 2.10. The van der Waals surface area contributed by atoms with Crippen LogP contribution >= 0.6 is 15.9 Å². The van der Waals surface area contributed by atoms with E-state index in [1.807, 2.05) is 0 Å². The minimum atomic E-state index is -0.528. The number of hydrogen-bond donors (Lipinski definition) is 1. The molecule has 0 fully saturated rings. The van der Waals surface area contributed by atoms with Crippen LogP contribution in [0.4, 0.5) is 4.79 Å². The molecule has 1 rings (SSSR count). The average molecular weight is 303 g/mol. The highest BCUT2D eigenvalue weighted by Gasteiger charge is 2.15. The van der Waals surface area contributed by atoms with E-state index in [-0.39, 0.29) is 6.54 Å². The number of aromatic nitrogens is 1. The van der Waals surface area contributed by atoms with Gasteiger partial charge in [-0.05, 0) is 42.8 Å². The van der Waals surface area contributed by atoms with Crippen LogP contribution in [-0.4, -0.2) is 11.7 Å². The van der Waals surface area contributed by atoms with Gasteiger partial charge in [0.05, 0.1) is 11.0 Å². The monoisotopic (exact) mass is 302 g/mol. The van der Waals surface area contributed by atoms with Crippen molar-refractivity contribution >= 4 is 22.0 Å². The van der Waals surface area contributed by atoms with Gasteiger partial charge in [-0.15, -0.1) is 0 Å². The Morgan fingerprint density at radius 3 is 2.71 bits per heavy atom. The van der Waals surface area contributed by atoms with Crippen LogP contribution in [0.15, 0.2) is 22.9 Å². The van der Waals surface area contributed by atoms with E-state index in [4.69, 9.17) is 4.74 Å². The zero-order valence-corrected chi connectivity index (χ0v) is 11.6. The van der Waals surface area contributed by atoms with E-state index in [9.17, 15) is 10.0 Å². The molecular formula is C11H15BrN2O3. The fourth-order valence-electron chi connectivity index (χ4n) is 1.16. The number of rotatable bonds is 2. The first-order chi connectivity index (χ1) is 7.76. The molecule has 0 spiro atoms. The SMILES string of the molecule is CC(C)(C)OC(=O)NCc1cc(Br)c[n+]([O-])c1. The first kappa shape index (κ1) is 13.8. The Bertz CT molecular complexity index is 395. The molecule has 0 radical (unpaired) electrons. The van der Waals surface area contributed by atoms with E-state index in [1.165, 1.54) is 12.4 Å². The maximum atomic E-state index is 11.4. The van der Waals surface area contributed by atoms with E-state index >= 15 is 0 Å². The second-order valence-corrected chi connectivity index (χ2v) is 5.49. The fourth-order valence-corrected chi connectivity index (χ4v) is 1.65. The molecule has 1 aromatic rings. The summed E-state index contributed by atoms with van der Waals surface area (Å²) in [6.07, 6.45) is 2.27. The number of nitrogens with zero attached hydrogens (tertiary/aromatic N) is 1. The molecule has 94 valence electrons. The molecule has 6 heteroatoms. The number of amides is 1. The quantitative estimate of drug-likeness (QED) is 0.672. The van der Waals surface area contributed by atoms with E-state index in [1.54, 1.807) is 26.8 Å². The highest BCUT2D eigenvalue weighted by Crippen LogP contribution is 2.09. The molecule has 0 atom stereocenters. The smallest absolute Gasteiger partial charge is 0.407 e. The van der Waals surface area contributed by atoms with Crippen LogP contribution in [0.2, 0.25) is 0 Å². The third-order valence-electron chi connectivity index (χ3n) is 1.70. The molecule has 0 saturated carbocycles. The Morgan fingerprint density at radius 1 is 1.53 bits per heavy atom. The molecule has 1 amide bonds. The van der Waals surface area contributed by atoms with Crippen molar-refractivity contribution in [3.63, 3.8) is 0 Å². The molecule has 1 N–H and O–H groups in total. The number of pyridine rings is 1. The summed E-state index contributed by atoms with van der Waals surface area (Å²) in [7, 11) is 0. The number of nitrogens with one attached hydrogen (secondary N) is 1. The van der Waals surface area contributed by atoms with Crippen molar-refractivity contribution in [3.05, 3.63) is 33.7 Å². The van der Waals surface area contributed by atoms with Crippen molar-refractivity contribution in [2.24, 2.45) is 0 Å². The Kier molecular flexibility index (Phi) is 4.34. The van der Waals surface area contributed by atoms with Crippen molar-refractivity contribution in [3.8, 4) is 0 Å². The lowest BCUT2D eigenvalue weighted by molar-refractivity contribution is -0.606. The van der Waals surface area contributed by atoms with Crippen LogP contribution in [0.25, 0.3) is 0 Å². The van der Waals surface area contributed by atoms with Crippen LogP contribution < -0.4 is 10.0 Å². The predicted octanol–water partition coefficient (Wildman–Crippen LogP) is 2.11. The van der Waals surface area contributed by atoms with Gasteiger partial charge < -0.3 is 15.3 Å². The molecule has 0 aromatic carbocycles. The lowest BCUT2D eigenvalue weighted by Crippen LogP contribution is -2.33. The molecule has 0 saturated heterocycles. The summed E-state index contributed by atoms with van der Waals surface area (Å²) in [6.45, 7) is 5.61. The van der Waals surface area contributed by atoms with Gasteiger partial charge >= 0.3 is 6.09 Å². The van der Waals surface area contributed by atoms with Gasteiger partial charge in [0.1, 0.15) is 5.60 Å². The maximum absolute atomic E-state index is 11.4. The van der Waals surface area contributed by atoms with Crippen LogP contribution in [0.1, 0.15) is 26.3 Å². The second kappa shape index (κ2) is 5.35. The summed E-state index contributed by atoms with van der Waals surface area (Å²) in [5, 5.41) is 13.7. The number of halogens is 1. The van der Waals surface area contributed by atoms with Crippen molar-refractivity contribution in [2.75, 3.05) is 0 Å². The number of carbonyl (C=O) groups excluding carboxylic acids is 1. The first-order valence-corrected chi connectivity index (χ1v) is 5.91. The number of hydrogen-bond acceptors (Lipinski definition) is 3. The molecular weight excluding hydrogens is 288 g/mol. The lowest BCUT2D eigenvalue weighted by atomic mass is 10.2. The summed E-state index contributed by atoms with van der Waals surface area (Å²) in [4.78, 5) is 11.4. The van der Waals surface area contributed by atoms with Crippen molar-refractivity contribution in [1.82, 2.24) is 5.32 Å². The lowest BCUT2D eigenvalue weighted by Gasteiger charge is -2.19. The number of carbonyl (C=O) groups is 1. The summed E-state index contributed by atoms with van der Waals surface area (Å²) in [5.74, 6) is 0. The standard InChI is InChI=1S/C11H15BrN2O3/c1-11(2,3)17-10(15)13-5-8-4-9(12)7-14(16)6-8/h4,6-7H,5H2,1-3H3,(H,13,15). The van der Waals surface area contributed by atoms with Crippen LogP contribution in [0.3, 0.4) is 0 Å². The first-order valence-electron chi connectivity index (χ1n) is 5.11. The summed E-state index contributed by atoms with van der Waals surface area (Å²) in [6, 6.07) is 1.76. The Morgan fingerprint density at radius 2 is 2.18 bits per heavy atom. The Labute approximate surface area is 108 Å². The summed E-state index contributed by atoms with van der Waals surface area (Å²) >= 11 is 3.20. The molecule has 0 aliphatic rings. The van der Waals surface area contributed by atoms with Gasteiger partial charge in [0.25, 0.3) is 0 Å². The van der Waals surface area contributed by atoms with Crippen molar-refractivity contribution in [1.29, 1.82) is 0 Å². The van der Waals surface area contributed by atoms with Crippen LogP contribution in [-0.2, 0) is 11.3 Å². The minimum absolute atomic E-state index is 0.247. The molecule has 0 aliphatic heterocycles. The Balaban J connectivity index is 2.53. The zero-order chi connectivity index (χ0) is 13.1. The molecule has 5 nitrogen and oxygen atoms in total.